The first kappa shape index (κ1) is 9.59. The lowest BCUT2D eigenvalue weighted by Gasteiger charge is -2.17. The lowest BCUT2D eigenvalue weighted by molar-refractivity contribution is 0.403. The zero-order valence-electron chi connectivity index (χ0n) is 8.95. The van der Waals surface area contributed by atoms with Crippen molar-refractivity contribution < 1.29 is 4.42 Å². The summed E-state index contributed by atoms with van der Waals surface area (Å²) in [7, 11) is 0. The molecule has 16 heavy (non-hydrogen) atoms. The molecule has 2 unspecified atom stereocenters. The van der Waals surface area contributed by atoms with Crippen LogP contribution in [0.15, 0.2) is 16.6 Å². The summed E-state index contributed by atoms with van der Waals surface area (Å²) in [6.45, 7) is 0. The van der Waals surface area contributed by atoms with E-state index in [9.17, 15) is 0 Å². The third-order valence-corrected chi connectivity index (χ3v) is 6.19. The smallest absolute Gasteiger partial charge is 0.140 e. The fraction of sp³-hybridized carbons (Fsp3) is 0.462. The molecular formula is C13H14INO. The van der Waals surface area contributed by atoms with Crippen LogP contribution in [-0.4, -0.2) is 16.1 Å². The predicted molar refractivity (Wildman–Crippen MR) is 73.8 cm³/mol. The van der Waals surface area contributed by atoms with Gasteiger partial charge in [0.05, 0.1) is 3.57 Å². The van der Waals surface area contributed by atoms with Gasteiger partial charge in [-0.2, -0.15) is 0 Å². The summed E-state index contributed by atoms with van der Waals surface area (Å²) >= 11 is 0.0663. The number of fused-ring (bicyclic) bond motifs is 3. The topological polar surface area (TPSA) is 25.2 Å². The molecule has 3 heteroatoms. The molecule has 84 valence electrons. The Hall–Kier alpha value is -0.420. The predicted octanol–water partition coefficient (Wildman–Crippen LogP) is 2.86. The maximum absolute atomic E-state index is 6.02. The van der Waals surface area contributed by atoms with Gasteiger partial charge in [0.1, 0.15) is 11.5 Å². The minimum atomic E-state index is 0.0663. The molecule has 3 atom stereocenters. The SMILES string of the molecule is C1=Cc2oc([C@H]3CC4CCC3N4)cc2I=C1. The molecule has 2 fully saturated rings. The normalized spacial score (nSPS) is 35.1. The summed E-state index contributed by atoms with van der Waals surface area (Å²) in [4.78, 5) is 0. The first-order chi connectivity index (χ1) is 7.90. The van der Waals surface area contributed by atoms with Crippen LogP contribution in [-0.2, 0) is 0 Å². The van der Waals surface area contributed by atoms with Gasteiger partial charge in [0.15, 0.2) is 0 Å². The van der Waals surface area contributed by atoms with Crippen LogP contribution < -0.4 is 5.32 Å². The van der Waals surface area contributed by atoms with E-state index in [1.807, 2.05) is 0 Å². The quantitative estimate of drug-likeness (QED) is 0.803. The minimum absolute atomic E-state index is 0.0663. The molecule has 3 aliphatic heterocycles. The Bertz CT molecular complexity index is 459. The van der Waals surface area contributed by atoms with Gasteiger partial charge in [-0.3, -0.25) is 0 Å². The van der Waals surface area contributed by atoms with Crippen molar-refractivity contribution in [2.24, 2.45) is 0 Å². The van der Waals surface area contributed by atoms with Crippen LogP contribution in [0.5, 0.6) is 0 Å². The van der Waals surface area contributed by atoms with E-state index < -0.39 is 0 Å². The van der Waals surface area contributed by atoms with Crippen molar-refractivity contribution in [2.75, 3.05) is 0 Å². The van der Waals surface area contributed by atoms with Crippen LogP contribution in [0.2, 0.25) is 0 Å². The summed E-state index contributed by atoms with van der Waals surface area (Å²) < 4.78 is 9.80. The molecule has 4 rings (SSSR count). The molecule has 0 aromatic carbocycles. The van der Waals surface area contributed by atoms with Gasteiger partial charge in [-0.25, -0.2) is 0 Å². The summed E-state index contributed by atoms with van der Waals surface area (Å²) in [5, 5.41) is 3.68. The zero-order valence-corrected chi connectivity index (χ0v) is 11.1. The number of allylic oxidation sites excluding steroid dienone is 1. The second kappa shape index (κ2) is 3.53. The van der Waals surface area contributed by atoms with E-state index in [2.05, 4.69) is 27.5 Å². The Morgan fingerprint density at radius 2 is 2.38 bits per heavy atom. The average Bonchev–Trinajstić information content (AvgIpc) is 3.02. The molecule has 4 heterocycles. The van der Waals surface area contributed by atoms with Gasteiger partial charge in [-0.1, -0.05) is 26.8 Å². The number of rotatable bonds is 1. The van der Waals surface area contributed by atoms with Crippen LogP contribution in [0.4, 0.5) is 0 Å². The van der Waals surface area contributed by atoms with E-state index >= 15 is 0 Å². The summed E-state index contributed by atoms with van der Waals surface area (Å²) in [5.74, 6) is 3.01. The number of hydrogen-bond donors (Lipinski definition) is 1. The van der Waals surface area contributed by atoms with Crippen molar-refractivity contribution in [1.29, 1.82) is 0 Å². The minimum Gasteiger partial charge on any atom is -0.460 e. The molecule has 1 aromatic rings. The molecule has 0 spiro atoms. The second-order valence-electron chi connectivity index (χ2n) is 4.84. The molecule has 2 bridgehead atoms. The monoisotopic (exact) mass is 327 g/mol. The first-order valence-corrected chi connectivity index (χ1v) is 8.25. The van der Waals surface area contributed by atoms with Crippen LogP contribution in [0.25, 0.3) is 6.08 Å². The molecule has 0 aliphatic carbocycles. The van der Waals surface area contributed by atoms with Gasteiger partial charge in [0.25, 0.3) is 0 Å². The van der Waals surface area contributed by atoms with Crippen LogP contribution in [0, 0.1) is 3.57 Å². The standard InChI is InChI=1S/C13H14INO/c1-2-12-10(14-5-1)7-13(16-12)9-6-8-3-4-11(9)15-8/h1-2,5,7-9,11,15H,3-4,6H2/t8?,9-,11?/m0/s1. The highest BCUT2D eigenvalue weighted by molar-refractivity contribution is 14.2. The van der Waals surface area contributed by atoms with E-state index in [-0.39, 0.29) is 20.7 Å². The van der Waals surface area contributed by atoms with E-state index in [1.165, 1.54) is 28.6 Å². The fourth-order valence-corrected chi connectivity index (χ4v) is 5.04. The van der Waals surface area contributed by atoms with Gasteiger partial charge in [0.2, 0.25) is 0 Å². The summed E-state index contributed by atoms with van der Waals surface area (Å²) in [6.07, 6.45) is 8.23. The molecule has 3 aliphatic rings. The maximum atomic E-state index is 6.02. The van der Waals surface area contributed by atoms with Gasteiger partial charge in [0, 0.05) is 18.0 Å². The number of hydrogen-bond acceptors (Lipinski definition) is 2. The maximum Gasteiger partial charge on any atom is 0.140 e. The highest BCUT2D eigenvalue weighted by atomic mass is 127. The Labute approximate surface area is 105 Å². The Morgan fingerprint density at radius 1 is 1.38 bits per heavy atom. The number of nitrogens with one attached hydrogen (secondary N) is 1. The van der Waals surface area contributed by atoms with E-state index in [0.717, 1.165) is 11.8 Å². The van der Waals surface area contributed by atoms with Gasteiger partial charge < -0.3 is 9.73 Å². The Morgan fingerprint density at radius 3 is 3.12 bits per heavy atom. The van der Waals surface area contributed by atoms with Crippen molar-refractivity contribution in [3.8, 4) is 0 Å². The first-order valence-electron chi connectivity index (χ1n) is 5.93. The van der Waals surface area contributed by atoms with Crippen LogP contribution in [0.1, 0.15) is 36.7 Å². The van der Waals surface area contributed by atoms with Crippen molar-refractivity contribution in [1.82, 2.24) is 5.32 Å². The van der Waals surface area contributed by atoms with Gasteiger partial charge >= 0.3 is 0 Å². The highest BCUT2D eigenvalue weighted by Gasteiger charge is 2.41. The molecule has 2 saturated heterocycles. The van der Waals surface area contributed by atoms with Gasteiger partial charge in [-0.15, -0.1) is 0 Å². The average molecular weight is 327 g/mol. The fourth-order valence-electron chi connectivity index (χ4n) is 3.15. The van der Waals surface area contributed by atoms with Crippen molar-refractivity contribution in [3.63, 3.8) is 0 Å². The van der Waals surface area contributed by atoms with E-state index in [0.29, 0.717) is 12.0 Å². The Kier molecular flexibility index (Phi) is 2.12. The molecule has 2 nitrogen and oxygen atoms in total. The summed E-state index contributed by atoms with van der Waals surface area (Å²) in [5.41, 5.74) is 0. The molecule has 0 radical (unpaired) electrons. The summed E-state index contributed by atoms with van der Waals surface area (Å²) in [6, 6.07) is 3.77. The van der Waals surface area contributed by atoms with Crippen molar-refractivity contribution in [2.45, 2.75) is 37.3 Å². The zero-order chi connectivity index (χ0) is 10.5. The molecule has 1 aromatic heterocycles. The third kappa shape index (κ3) is 1.37. The van der Waals surface area contributed by atoms with Crippen molar-refractivity contribution >= 4 is 30.8 Å². The molecule has 1 N–H and O–H groups in total. The third-order valence-electron chi connectivity index (χ3n) is 3.90. The van der Waals surface area contributed by atoms with Crippen molar-refractivity contribution in [3.05, 3.63) is 27.2 Å². The van der Waals surface area contributed by atoms with Crippen LogP contribution in [0.3, 0.4) is 0 Å². The molecular weight excluding hydrogens is 313 g/mol. The Balaban J connectivity index is 1.71. The van der Waals surface area contributed by atoms with E-state index in [1.54, 1.807) is 0 Å². The van der Waals surface area contributed by atoms with E-state index in [4.69, 9.17) is 4.42 Å². The van der Waals surface area contributed by atoms with Gasteiger partial charge in [-0.05, 0) is 35.4 Å². The lowest BCUT2D eigenvalue weighted by Crippen LogP contribution is -2.21. The lowest BCUT2D eigenvalue weighted by atomic mass is 9.87. The highest BCUT2D eigenvalue weighted by Crippen LogP contribution is 2.42. The molecule has 0 saturated carbocycles. The molecule has 0 amide bonds. The largest absolute Gasteiger partial charge is 0.460 e. The second-order valence-corrected chi connectivity index (χ2v) is 7.35. The number of furan rings is 1. The number of halogens is 1. The van der Waals surface area contributed by atoms with Crippen LogP contribution >= 0.6 is 20.7 Å².